The maximum absolute atomic E-state index is 15.6. The van der Waals surface area contributed by atoms with Gasteiger partial charge in [0, 0.05) is 67.9 Å². The van der Waals surface area contributed by atoms with Gasteiger partial charge in [-0.05, 0) is 120 Å². The van der Waals surface area contributed by atoms with Crippen LogP contribution in [-0.4, -0.2) is 231 Å². The van der Waals surface area contributed by atoms with Crippen molar-refractivity contribution in [1.82, 2.24) is 55.6 Å². The van der Waals surface area contributed by atoms with Crippen molar-refractivity contribution < 1.29 is 67.5 Å². The molecule has 0 bridgehead atoms. The van der Waals surface area contributed by atoms with Crippen molar-refractivity contribution in [2.75, 3.05) is 49.3 Å². The number of nitrogens with zero attached hydrogens (tertiary/aromatic N) is 8. The Balaban J connectivity index is 2.40. The number of aryl methyl sites for hydroxylation is 1. The zero-order valence-corrected chi connectivity index (χ0v) is 65.8. The molecule has 102 heavy (non-hydrogen) atoms. The molecule has 2 aromatic rings. The van der Waals surface area contributed by atoms with Crippen molar-refractivity contribution in [2.24, 2.45) is 41.4 Å². The van der Waals surface area contributed by atoms with E-state index in [1.807, 2.05) is 103 Å². The molecule has 1 aliphatic rings. The predicted octanol–water partition coefficient (Wildman–Crippen LogP) is 6.21. The largest absolute Gasteiger partial charge is 0.507 e. The molecule has 0 saturated carbocycles. The van der Waals surface area contributed by atoms with Crippen LogP contribution < -0.4 is 25.8 Å². The molecule has 2 heterocycles. The monoisotopic (exact) mass is 1430 g/mol. The third kappa shape index (κ3) is 23.8. The van der Waals surface area contributed by atoms with Crippen molar-refractivity contribution in [3.05, 3.63) is 60.8 Å². The summed E-state index contributed by atoms with van der Waals surface area (Å²) in [6, 6.07) is -4.96. The molecule has 1 aliphatic heterocycles. The van der Waals surface area contributed by atoms with Crippen LogP contribution >= 0.6 is 0 Å². The number of fused-ring (bicyclic) bond motifs is 1. The number of allylic oxidation sites excluding steroid dienone is 3. The van der Waals surface area contributed by atoms with E-state index in [9.17, 15) is 29.4 Å². The molecule has 1 fully saturated rings. The first-order valence-electron chi connectivity index (χ1n) is 36.7. The summed E-state index contributed by atoms with van der Waals surface area (Å²) < 4.78 is 2.03. The zero-order valence-electron chi connectivity index (χ0n) is 65.8. The number of hydrogen-bond donors (Lipinski definition) is 6. The highest BCUT2D eigenvalue weighted by molar-refractivity contribution is 6.00. The summed E-state index contributed by atoms with van der Waals surface area (Å²) in [5.41, 5.74) is 0.843. The molecule has 3 rings (SSSR count). The molecule has 11 amide bonds. The smallest absolute Gasteiger partial charge is 0.246 e. The molecule has 0 radical (unpaired) electrons. The molecule has 0 aliphatic carbocycles. The quantitative estimate of drug-likeness (QED) is 0.0461. The van der Waals surface area contributed by atoms with Gasteiger partial charge < -0.3 is 65.8 Å². The number of aliphatic hydroxyl groups is 1. The van der Waals surface area contributed by atoms with E-state index in [1.54, 1.807) is 66.7 Å². The summed E-state index contributed by atoms with van der Waals surface area (Å²) in [6.07, 6.45) is 9.43. The number of unbranched alkanes of at least 4 members (excludes halogenated alkanes) is 1. The fourth-order valence-corrected chi connectivity index (χ4v) is 13.3. The number of para-hydroxylation sites is 1. The molecule has 13 atom stereocenters. The Bertz CT molecular complexity index is 3240. The van der Waals surface area contributed by atoms with Crippen LogP contribution in [0.1, 0.15) is 175 Å². The minimum absolute atomic E-state index is 0.0266. The molecule has 0 spiro atoms. The van der Waals surface area contributed by atoms with Crippen molar-refractivity contribution in [3.8, 4) is 5.75 Å². The number of aromatic nitrogens is 1. The van der Waals surface area contributed by atoms with Crippen molar-refractivity contribution in [2.45, 2.75) is 255 Å². The topological polar surface area (TPSA) is 303 Å². The highest BCUT2D eigenvalue weighted by atomic mass is 16.3. The summed E-state index contributed by atoms with van der Waals surface area (Å²) in [7, 11) is 10.0. The summed E-state index contributed by atoms with van der Waals surface area (Å²) in [5, 5.41) is 34.8. The van der Waals surface area contributed by atoms with Crippen molar-refractivity contribution in [1.29, 1.82) is 0 Å². The number of aromatic hydroxyl groups is 1. The number of aliphatic hydroxyl groups excluding tert-OH is 1. The van der Waals surface area contributed by atoms with Gasteiger partial charge >= 0.3 is 0 Å². The van der Waals surface area contributed by atoms with Gasteiger partial charge in [0.15, 0.2) is 6.20 Å². The van der Waals surface area contributed by atoms with E-state index in [4.69, 9.17) is 0 Å². The van der Waals surface area contributed by atoms with E-state index in [2.05, 4.69) is 21.3 Å². The second-order valence-corrected chi connectivity index (χ2v) is 30.6. The highest BCUT2D eigenvalue weighted by Crippen LogP contribution is 2.27. The standard InChI is InChI=1S/C77H126N12O13/c1-25-27-34-51(15)66(91)65-70(95)80-55(26-2)72(97)82(18)57(37-30-28-29-33-39-89-40-38-62(90)54-35-31-32-36-56(54)89)73(98)83(19)59(42-46(5)6)69(94)81-63(49(11)12)76(101)84(20)58(41-45(3)4)68(93)78-52(16)67(92)79-53(17)71(96)85(21)60(43-47(7)8)74(99)86(22)61(44-48(9)10)75(100)87(23)64(50(13)14)77(102)88(65)24/h25,27-28,30-32,35-36,38,40,45-53,55,57-61,63-66,91H,26,29,33-34,37,39,41-44H2,1-24H3,(H4,78,79,80,81,92,93,94,95)/p+1/b27-25+,30-28+/t51-,52+,53-,55+,57?,58+,59+,60+,61+,63+,64+,65+,66-/m1/s1. The molecule has 25 nitrogen and oxygen atoms in total. The van der Waals surface area contributed by atoms with E-state index in [0.717, 1.165) is 10.4 Å². The predicted molar refractivity (Wildman–Crippen MR) is 396 cm³/mol. The van der Waals surface area contributed by atoms with Crippen LogP contribution in [0, 0.1) is 41.4 Å². The summed E-state index contributed by atoms with van der Waals surface area (Å²) >= 11 is 0. The average Bonchev–Trinajstić information content (AvgIpc) is 0.802. The van der Waals surface area contributed by atoms with Crippen LogP contribution in [0.4, 0.5) is 0 Å². The summed E-state index contributed by atoms with van der Waals surface area (Å²) in [6.45, 7) is 30.5. The van der Waals surface area contributed by atoms with Gasteiger partial charge in [-0.25, -0.2) is 0 Å². The molecular weight excluding hydrogens is 1300 g/mol. The lowest BCUT2D eigenvalue weighted by molar-refractivity contribution is -0.671. The van der Waals surface area contributed by atoms with Crippen molar-refractivity contribution >= 4 is 75.9 Å². The van der Waals surface area contributed by atoms with Gasteiger partial charge in [0.25, 0.3) is 0 Å². The van der Waals surface area contributed by atoms with E-state index in [1.165, 1.54) is 92.6 Å². The van der Waals surface area contributed by atoms with Gasteiger partial charge in [-0.2, -0.15) is 4.57 Å². The van der Waals surface area contributed by atoms with Crippen LogP contribution in [0.25, 0.3) is 10.9 Å². The fraction of sp³-hybridized carbons (Fsp3) is 0.688. The molecule has 1 saturated heterocycles. The lowest BCUT2D eigenvalue weighted by Crippen LogP contribution is -2.64. The molecule has 1 aromatic heterocycles. The number of carbonyl (C=O) groups excluding carboxylic acids is 11. The summed E-state index contributed by atoms with van der Waals surface area (Å²) in [4.78, 5) is 174. The number of benzene rings is 1. The van der Waals surface area contributed by atoms with Gasteiger partial charge in [-0.15, -0.1) is 0 Å². The van der Waals surface area contributed by atoms with Gasteiger partial charge in [0.1, 0.15) is 78.8 Å². The van der Waals surface area contributed by atoms with Gasteiger partial charge in [-0.3, -0.25) is 52.7 Å². The Labute approximate surface area is 608 Å². The van der Waals surface area contributed by atoms with Crippen LogP contribution in [0.2, 0.25) is 0 Å². The average molecular weight is 1430 g/mol. The number of hydrogen-bond acceptors (Lipinski definition) is 13. The van der Waals surface area contributed by atoms with E-state index >= 15 is 33.6 Å². The second kappa shape index (κ2) is 40.8. The van der Waals surface area contributed by atoms with Crippen LogP contribution in [0.5, 0.6) is 5.75 Å². The third-order valence-corrected chi connectivity index (χ3v) is 19.6. The molecular formula is C77H127N12O13+. The number of rotatable bonds is 21. The molecule has 1 aromatic carbocycles. The SMILES string of the molecule is C/C=C/C[C@@H](C)[C@@H](O)[C@H]1C(=O)N[C@@H](CC)C(=O)N(C)C(C/C=C/CCC[n+]2ccc(O)c3ccccc32)C(=O)N(C)[C@@H](CC(C)C)C(=O)N[C@@H](C(C)C)C(=O)N(C)[C@@H](CC(C)C)C(=O)N[C@@H](C)C(=O)N[C@H](C)C(=O)N(C)[C@@H](CC(C)C)C(=O)N(C)[C@@H](CC(C)C)C(=O)N(C)[C@@H](C(C)C)C(=O)N1C. The normalized spacial score (nSPS) is 25.2. The molecule has 572 valence electrons. The first-order chi connectivity index (χ1) is 47.6. The highest BCUT2D eigenvalue weighted by Gasteiger charge is 2.46. The zero-order chi connectivity index (χ0) is 77.6. The Kier molecular flexibility index (Phi) is 35.3. The van der Waals surface area contributed by atoms with Crippen LogP contribution in [-0.2, 0) is 59.3 Å². The molecule has 25 heteroatoms. The number of pyridine rings is 1. The second-order valence-electron chi connectivity index (χ2n) is 30.6. The van der Waals surface area contributed by atoms with E-state index in [-0.39, 0.29) is 74.4 Å². The molecule has 6 N–H and O–H groups in total. The van der Waals surface area contributed by atoms with E-state index < -0.39 is 155 Å². The van der Waals surface area contributed by atoms with E-state index in [0.29, 0.717) is 24.8 Å². The van der Waals surface area contributed by atoms with Crippen LogP contribution in [0.3, 0.4) is 0 Å². The minimum Gasteiger partial charge on any atom is -0.507 e. The van der Waals surface area contributed by atoms with Gasteiger partial charge in [-0.1, -0.05) is 133 Å². The fourth-order valence-electron chi connectivity index (χ4n) is 13.3. The van der Waals surface area contributed by atoms with Gasteiger partial charge in [0.2, 0.25) is 70.5 Å². The first kappa shape index (κ1) is 88.3. The minimum atomic E-state index is -1.66. The van der Waals surface area contributed by atoms with Crippen molar-refractivity contribution in [3.63, 3.8) is 0 Å². The molecule has 1 unspecified atom stereocenters. The lowest BCUT2D eigenvalue weighted by Gasteiger charge is -2.41. The number of nitrogens with one attached hydrogen (secondary N) is 4. The number of carbonyl (C=O) groups is 11. The lowest BCUT2D eigenvalue weighted by atomic mass is 9.91. The maximum Gasteiger partial charge on any atom is 0.246 e. The third-order valence-electron chi connectivity index (χ3n) is 19.6. The Morgan fingerprint density at radius 1 is 0.480 bits per heavy atom. The number of likely N-dealkylation sites (N-methyl/N-ethyl adjacent to an activating group) is 7. The Morgan fingerprint density at radius 3 is 1.46 bits per heavy atom. The first-order valence-corrected chi connectivity index (χ1v) is 36.7. The summed E-state index contributed by atoms with van der Waals surface area (Å²) in [5.74, 6) is -9.98. The Morgan fingerprint density at radius 2 is 0.941 bits per heavy atom. The number of amides is 11. The van der Waals surface area contributed by atoms with Gasteiger partial charge in [0.05, 0.1) is 11.5 Å². The van der Waals surface area contributed by atoms with Crippen LogP contribution in [0.15, 0.2) is 60.8 Å². The Hall–Kier alpha value is -7.96. The maximum atomic E-state index is 15.6.